The van der Waals surface area contributed by atoms with Crippen LogP contribution in [0.1, 0.15) is 0 Å². The highest BCUT2D eigenvalue weighted by atomic mass is 16.2. The molecule has 4 heteroatoms. The molecule has 2 amide bonds. The van der Waals surface area contributed by atoms with Crippen molar-refractivity contribution in [2.45, 2.75) is 0 Å². The first-order valence-corrected chi connectivity index (χ1v) is 2.68. The van der Waals surface area contributed by atoms with Gasteiger partial charge >= 0.3 is 6.03 Å². The van der Waals surface area contributed by atoms with Gasteiger partial charge in [-0.15, -0.1) is 4.99 Å². The summed E-state index contributed by atoms with van der Waals surface area (Å²) in [4.78, 5) is 14.5. The first-order chi connectivity index (χ1) is 4.34. The van der Waals surface area contributed by atoms with Crippen molar-refractivity contribution in [1.82, 2.24) is 5.32 Å². The lowest BCUT2D eigenvalue weighted by Crippen LogP contribution is -2.28. The van der Waals surface area contributed by atoms with E-state index in [1.54, 1.807) is 13.3 Å². The highest BCUT2D eigenvalue weighted by Crippen LogP contribution is 1.79. The van der Waals surface area contributed by atoms with E-state index in [4.69, 9.17) is 0 Å². The maximum Gasteiger partial charge on any atom is 0.440 e. The average molecular weight is 126 g/mol. The summed E-state index contributed by atoms with van der Waals surface area (Å²) in [5.74, 6) is 0. The van der Waals surface area contributed by atoms with Crippen LogP contribution < -0.4 is 5.32 Å². The molecule has 1 aliphatic rings. The minimum Gasteiger partial charge on any atom is -0.273 e. The number of hydrogen-bond donors (Lipinski definition) is 1. The number of urea groups is 1. The number of nitrogens with one attached hydrogen (secondary N) is 1. The van der Waals surface area contributed by atoms with Crippen LogP contribution in [0.5, 0.6) is 0 Å². The van der Waals surface area contributed by atoms with Gasteiger partial charge in [-0.1, -0.05) is 0 Å². The summed E-state index contributed by atoms with van der Waals surface area (Å²) in [7, 11) is 1.59. The van der Waals surface area contributed by atoms with Gasteiger partial charge in [-0.05, 0) is 0 Å². The average Bonchev–Trinajstić information content (AvgIpc) is 2.37. The van der Waals surface area contributed by atoms with E-state index in [2.05, 4.69) is 10.3 Å². The third-order valence-corrected chi connectivity index (χ3v) is 1.04. The maximum absolute atomic E-state index is 10.7. The highest BCUT2D eigenvalue weighted by molar-refractivity contribution is 5.82. The van der Waals surface area contributed by atoms with Crippen molar-refractivity contribution in [1.29, 1.82) is 0 Å². The Bertz CT molecular complexity index is 183. The molecule has 0 atom stereocenters. The Morgan fingerprint density at radius 1 is 1.89 bits per heavy atom. The number of carbonyl (C=O) groups excluding carboxylic acids is 1. The van der Waals surface area contributed by atoms with Gasteiger partial charge in [-0.2, -0.15) is 4.58 Å². The molecule has 0 fully saturated rings. The largest absolute Gasteiger partial charge is 0.440 e. The molecule has 1 rings (SSSR count). The minimum atomic E-state index is -0.142. The first kappa shape index (κ1) is 5.94. The minimum absolute atomic E-state index is 0.142. The van der Waals surface area contributed by atoms with Crippen LogP contribution in [-0.4, -0.2) is 36.8 Å². The Morgan fingerprint density at radius 3 is 3.11 bits per heavy atom. The fraction of sp³-hybridized carbons (Fsp3) is 0.400. The van der Waals surface area contributed by atoms with Gasteiger partial charge in [-0.3, -0.25) is 5.32 Å². The Morgan fingerprint density at radius 2 is 2.67 bits per heavy atom. The molecule has 0 aromatic carbocycles. The Kier molecular flexibility index (Phi) is 1.58. The summed E-state index contributed by atoms with van der Waals surface area (Å²) < 4.78 is 1.42. The van der Waals surface area contributed by atoms with E-state index in [9.17, 15) is 4.79 Å². The molecule has 0 saturated carbocycles. The van der Waals surface area contributed by atoms with E-state index < -0.39 is 0 Å². The van der Waals surface area contributed by atoms with Gasteiger partial charge in [0.05, 0.1) is 13.3 Å². The number of aliphatic imine (C=N–C) groups is 1. The predicted octanol–water partition coefficient (Wildman–Crippen LogP) is -0.549. The third-order valence-electron chi connectivity index (χ3n) is 1.04. The molecule has 1 N–H and O–H groups in total. The topological polar surface area (TPSA) is 44.5 Å². The van der Waals surface area contributed by atoms with Crippen LogP contribution in [0.2, 0.25) is 0 Å². The van der Waals surface area contributed by atoms with E-state index in [0.29, 0.717) is 6.54 Å². The zero-order valence-corrected chi connectivity index (χ0v) is 5.16. The lowest BCUT2D eigenvalue weighted by atomic mass is 10.7. The van der Waals surface area contributed by atoms with Gasteiger partial charge in [0.15, 0.2) is 0 Å². The summed E-state index contributed by atoms with van der Waals surface area (Å²) in [5.41, 5.74) is 0. The van der Waals surface area contributed by atoms with Crippen molar-refractivity contribution in [2.75, 3.05) is 13.6 Å². The van der Waals surface area contributed by atoms with Crippen molar-refractivity contribution < 1.29 is 9.37 Å². The predicted molar refractivity (Wildman–Crippen MR) is 34.1 cm³/mol. The monoisotopic (exact) mass is 126 g/mol. The van der Waals surface area contributed by atoms with E-state index in [1.165, 1.54) is 10.9 Å². The van der Waals surface area contributed by atoms with Gasteiger partial charge in [0.2, 0.25) is 6.34 Å². The van der Waals surface area contributed by atoms with Crippen LogP contribution in [0.15, 0.2) is 4.99 Å². The fourth-order valence-corrected chi connectivity index (χ4v) is 0.582. The molecule has 0 radical (unpaired) electrons. The number of nitrogens with zero attached hydrogens (tertiary/aromatic N) is 2. The standard InChI is InChI=1S/C5H7N3O/c1-6-5(9)8-3-2-7-4-8/h3-4H,2H2,1H3/p+1. The van der Waals surface area contributed by atoms with E-state index >= 15 is 0 Å². The zero-order chi connectivity index (χ0) is 6.69. The highest BCUT2D eigenvalue weighted by Gasteiger charge is 2.10. The van der Waals surface area contributed by atoms with Gasteiger partial charge in [0.25, 0.3) is 0 Å². The molecular weight excluding hydrogens is 118 g/mol. The second-order valence-electron chi connectivity index (χ2n) is 1.63. The molecule has 1 aliphatic heterocycles. The third kappa shape index (κ3) is 1.13. The van der Waals surface area contributed by atoms with E-state index in [1.807, 2.05) is 0 Å². The van der Waals surface area contributed by atoms with Crippen molar-refractivity contribution in [3.63, 3.8) is 0 Å². The smallest absolute Gasteiger partial charge is 0.273 e. The van der Waals surface area contributed by atoms with Crippen LogP contribution in [0.3, 0.4) is 0 Å². The molecule has 1 heterocycles. The number of amides is 2. The molecule has 4 nitrogen and oxygen atoms in total. The summed E-state index contributed by atoms with van der Waals surface area (Å²) >= 11 is 0. The number of carbonyl (C=O) groups is 1. The molecule has 0 bridgehead atoms. The summed E-state index contributed by atoms with van der Waals surface area (Å²) in [6.45, 7) is 0.605. The summed E-state index contributed by atoms with van der Waals surface area (Å²) in [6, 6.07) is -0.142. The number of rotatable bonds is 0. The number of hydrogen-bond acceptors (Lipinski definition) is 2. The Hall–Kier alpha value is -1.19. The molecule has 0 saturated heterocycles. The summed E-state index contributed by atoms with van der Waals surface area (Å²) in [5, 5.41) is 2.47. The lowest BCUT2D eigenvalue weighted by Gasteiger charge is -1.89. The Labute approximate surface area is 52.9 Å². The molecule has 0 unspecified atom stereocenters. The zero-order valence-electron chi connectivity index (χ0n) is 5.16. The van der Waals surface area contributed by atoms with Crippen molar-refractivity contribution in [3.8, 4) is 0 Å². The lowest BCUT2D eigenvalue weighted by molar-refractivity contribution is -0.278. The molecule has 0 spiro atoms. The maximum atomic E-state index is 10.7. The van der Waals surface area contributed by atoms with Gasteiger partial charge < -0.3 is 0 Å². The van der Waals surface area contributed by atoms with Crippen molar-refractivity contribution in [2.24, 2.45) is 4.99 Å². The molecule has 0 aliphatic carbocycles. The SMILES string of the molecule is CNC(=O)[N+]1=CCN=C1. The second kappa shape index (κ2) is 2.39. The fourth-order valence-electron chi connectivity index (χ4n) is 0.582. The molecule has 9 heavy (non-hydrogen) atoms. The molecule has 48 valence electrons. The first-order valence-electron chi connectivity index (χ1n) is 2.68. The van der Waals surface area contributed by atoms with Crippen molar-refractivity contribution >= 4 is 18.6 Å². The van der Waals surface area contributed by atoms with E-state index in [-0.39, 0.29) is 6.03 Å². The van der Waals surface area contributed by atoms with Crippen LogP contribution in [-0.2, 0) is 0 Å². The quantitative estimate of drug-likeness (QED) is 0.435. The van der Waals surface area contributed by atoms with Crippen LogP contribution >= 0.6 is 0 Å². The van der Waals surface area contributed by atoms with Crippen LogP contribution in [0.25, 0.3) is 0 Å². The van der Waals surface area contributed by atoms with Gasteiger partial charge in [0, 0.05) is 0 Å². The van der Waals surface area contributed by atoms with Gasteiger partial charge in [0.1, 0.15) is 6.54 Å². The van der Waals surface area contributed by atoms with Crippen molar-refractivity contribution in [3.05, 3.63) is 0 Å². The normalized spacial score (nSPS) is 15.4. The van der Waals surface area contributed by atoms with Crippen LogP contribution in [0, 0.1) is 0 Å². The Balaban J connectivity index is 2.62. The van der Waals surface area contributed by atoms with E-state index in [0.717, 1.165) is 0 Å². The van der Waals surface area contributed by atoms with Gasteiger partial charge in [-0.25, -0.2) is 4.79 Å². The van der Waals surface area contributed by atoms with Crippen LogP contribution in [0.4, 0.5) is 4.79 Å². The second-order valence-corrected chi connectivity index (χ2v) is 1.63. The summed E-state index contributed by atoms with van der Waals surface area (Å²) in [6.07, 6.45) is 3.21. The molecular formula is C5H8N3O+. The molecule has 0 aromatic rings. The molecule has 0 aromatic heterocycles.